The quantitative estimate of drug-likeness (QED) is 0.0802. The molecule has 10 nitrogen and oxygen atoms in total. The summed E-state index contributed by atoms with van der Waals surface area (Å²) in [5, 5.41) is 13.4. The van der Waals surface area contributed by atoms with Crippen LogP contribution in [0.1, 0.15) is 78.5 Å². The number of amides is 1. The van der Waals surface area contributed by atoms with Gasteiger partial charge in [-0.2, -0.15) is 0 Å². The maximum Gasteiger partial charge on any atom is 0.407 e. The Morgan fingerprint density at radius 2 is 1.80 bits per heavy atom. The summed E-state index contributed by atoms with van der Waals surface area (Å²) in [6, 6.07) is 8.47. The lowest BCUT2D eigenvalue weighted by atomic mass is 9.94. The number of methoxy groups -OCH3 is 1. The molecule has 0 saturated carbocycles. The number of aromatic nitrogens is 2. The highest BCUT2D eigenvalue weighted by molar-refractivity contribution is 14.1. The zero-order valence-electron chi connectivity index (χ0n) is 33.3. The molecule has 4 aromatic rings. The molecule has 0 aliphatic carbocycles. The van der Waals surface area contributed by atoms with Gasteiger partial charge in [-0.05, 0) is 88.6 Å². The third-order valence-corrected chi connectivity index (χ3v) is 20.3. The first kappa shape index (κ1) is 39.1. The third kappa shape index (κ3) is 6.21. The molecule has 296 valence electrons. The molecule has 4 atom stereocenters. The van der Waals surface area contributed by atoms with Crippen molar-refractivity contribution >= 4 is 64.1 Å². The summed E-state index contributed by atoms with van der Waals surface area (Å²) < 4.78 is 41.2. The van der Waals surface area contributed by atoms with Crippen LogP contribution in [0, 0.1) is 20.9 Å². The largest absolute Gasteiger partial charge is 0.472 e. The molecule has 8 rings (SSSR count). The molecule has 6 heterocycles. The number of anilines is 1. The molecular formula is C43H50FIN4O6Si. The predicted octanol–water partition coefficient (Wildman–Crippen LogP) is 9.34. The van der Waals surface area contributed by atoms with E-state index in [1.807, 2.05) is 19.1 Å². The Hall–Kier alpha value is -3.71. The van der Waals surface area contributed by atoms with Crippen LogP contribution in [-0.4, -0.2) is 92.0 Å². The van der Waals surface area contributed by atoms with Crippen molar-refractivity contribution in [2.45, 2.75) is 108 Å². The third-order valence-electron chi connectivity index (χ3n) is 12.8. The summed E-state index contributed by atoms with van der Waals surface area (Å²) in [5.41, 5.74) is 7.42. The van der Waals surface area contributed by atoms with Crippen molar-refractivity contribution in [3.63, 3.8) is 0 Å². The summed E-state index contributed by atoms with van der Waals surface area (Å²) in [7, 11) is -0.659. The minimum Gasteiger partial charge on any atom is -0.472 e. The van der Waals surface area contributed by atoms with E-state index < -0.39 is 20.3 Å². The van der Waals surface area contributed by atoms with Gasteiger partial charge in [-0.25, -0.2) is 19.2 Å². The lowest BCUT2D eigenvalue weighted by molar-refractivity contribution is 0.00643. The molecule has 4 aliphatic rings. The van der Waals surface area contributed by atoms with Crippen LogP contribution in [0.5, 0.6) is 11.6 Å². The minimum absolute atomic E-state index is 0.0353. The number of piperazine rings is 1. The van der Waals surface area contributed by atoms with Gasteiger partial charge >= 0.3 is 6.09 Å². The molecule has 0 spiro atoms. The highest BCUT2D eigenvalue weighted by atomic mass is 127. The normalized spacial score (nSPS) is 21.9. The summed E-state index contributed by atoms with van der Waals surface area (Å²) in [6.45, 7) is 17.2. The Kier molecular flexibility index (Phi) is 10.4. The highest BCUT2D eigenvalue weighted by Crippen LogP contribution is 2.49. The molecule has 1 amide bonds. The van der Waals surface area contributed by atoms with Crippen molar-refractivity contribution in [3.05, 3.63) is 51.0 Å². The Labute approximate surface area is 342 Å². The molecule has 56 heavy (non-hydrogen) atoms. The fraction of sp³-hybridized carbons (Fsp3) is 0.512. The fourth-order valence-corrected chi connectivity index (χ4v) is 16.4. The fourth-order valence-electron chi connectivity index (χ4n) is 10.2. The van der Waals surface area contributed by atoms with Crippen LogP contribution in [0.25, 0.3) is 32.8 Å². The molecule has 3 saturated heterocycles. The Bertz CT molecular complexity index is 2270. The SMILES string of the molecule is COCOc1cc(-c2cc3c(I)c(C4COC4)nc4c3c(n2)OC(C)C2C3CCC(CN42)N3C(=O)O)c2c(C#C[Si](C(C)C)(C(C)C)C(C)C)c(F)ccc2c1. The number of benzene rings is 2. The average molecular weight is 893 g/mol. The van der Waals surface area contributed by atoms with Gasteiger partial charge in [0.25, 0.3) is 0 Å². The smallest absolute Gasteiger partial charge is 0.407 e. The van der Waals surface area contributed by atoms with Crippen molar-refractivity contribution in [1.29, 1.82) is 0 Å². The summed E-state index contributed by atoms with van der Waals surface area (Å²) in [5.74, 6) is 4.93. The second-order valence-corrected chi connectivity index (χ2v) is 23.4. The number of rotatable bonds is 8. The highest BCUT2D eigenvalue weighted by Gasteiger charge is 2.53. The maximum absolute atomic E-state index is 16.4. The summed E-state index contributed by atoms with van der Waals surface area (Å²) in [6.07, 6.45) is 0.232. The zero-order chi connectivity index (χ0) is 39.8. The number of carbonyl (C=O) groups is 1. The van der Waals surface area contributed by atoms with Crippen LogP contribution < -0.4 is 14.4 Å². The topological polar surface area (TPSA) is 106 Å². The molecule has 2 bridgehead atoms. The van der Waals surface area contributed by atoms with E-state index in [4.69, 9.17) is 28.9 Å². The van der Waals surface area contributed by atoms with E-state index >= 15 is 4.39 Å². The second kappa shape index (κ2) is 14.9. The number of ether oxygens (including phenoxy) is 4. The van der Waals surface area contributed by atoms with Crippen LogP contribution in [0.4, 0.5) is 15.0 Å². The van der Waals surface area contributed by atoms with Gasteiger partial charge in [0.2, 0.25) is 5.88 Å². The van der Waals surface area contributed by atoms with Crippen LogP contribution in [0.3, 0.4) is 0 Å². The van der Waals surface area contributed by atoms with E-state index in [-0.39, 0.29) is 36.7 Å². The summed E-state index contributed by atoms with van der Waals surface area (Å²) >= 11 is 2.39. The number of fused-ring (bicyclic) bond motifs is 6. The van der Waals surface area contributed by atoms with E-state index in [9.17, 15) is 9.90 Å². The maximum atomic E-state index is 16.4. The number of halogens is 2. The minimum atomic E-state index is -2.23. The van der Waals surface area contributed by atoms with E-state index in [0.717, 1.165) is 44.1 Å². The Morgan fingerprint density at radius 1 is 1.07 bits per heavy atom. The zero-order valence-corrected chi connectivity index (χ0v) is 36.4. The molecule has 2 aromatic heterocycles. The molecule has 4 aliphatic heterocycles. The number of nitrogens with zero attached hydrogens (tertiary/aromatic N) is 4. The van der Waals surface area contributed by atoms with Gasteiger partial charge in [0.1, 0.15) is 31.6 Å². The monoisotopic (exact) mass is 892 g/mol. The van der Waals surface area contributed by atoms with Gasteiger partial charge in [0.05, 0.1) is 53.7 Å². The van der Waals surface area contributed by atoms with Gasteiger partial charge in [-0.3, -0.25) is 4.90 Å². The van der Waals surface area contributed by atoms with Gasteiger partial charge in [0, 0.05) is 39.5 Å². The van der Waals surface area contributed by atoms with Gasteiger partial charge in [-0.15, -0.1) is 5.54 Å². The van der Waals surface area contributed by atoms with Gasteiger partial charge < -0.3 is 29.0 Å². The summed E-state index contributed by atoms with van der Waals surface area (Å²) in [4.78, 5) is 27.1. The number of hydrogen-bond acceptors (Lipinski definition) is 8. The first-order valence-electron chi connectivity index (χ1n) is 19.7. The number of pyridine rings is 2. The van der Waals surface area contributed by atoms with Gasteiger partial charge in [0.15, 0.2) is 6.79 Å². The lowest BCUT2D eigenvalue weighted by Crippen LogP contribution is -2.65. The van der Waals surface area contributed by atoms with Crippen LogP contribution in [0.15, 0.2) is 30.3 Å². The average Bonchev–Trinajstić information content (AvgIpc) is 3.38. The molecule has 1 N–H and O–H groups in total. The van der Waals surface area contributed by atoms with Crippen LogP contribution in [0.2, 0.25) is 16.6 Å². The first-order chi connectivity index (χ1) is 26.8. The predicted molar refractivity (Wildman–Crippen MR) is 227 cm³/mol. The molecule has 13 heteroatoms. The number of carboxylic acid groups (broad SMARTS) is 1. The van der Waals surface area contributed by atoms with Crippen molar-refractivity contribution in [3.8, 4) is 34.4 Å². The molecule has 0 radical (unpaired) electrons. The Morgan fingerprint density at radius 3 is 2.45 bits per heavy atom. The van der Waals surface area contributed by atoms with Crippen molar-refractivity contribution in [2.24, 2.45) is 0 Å². The van der Waals surface area contributed by atoms with Crippen molar-refractivity contribution in [1.82, 2.24) is 14.9 Å². The second-order valence-electron chi connectivity index (χ2n) is 16.7. The van der Waals surface area contributed by atoms with Crippen molar-refractivity contribution in [2.75, 3.05) is 38.6 Å². The van der Waals surface area contributed by atoms with E-state index in [1.54, 1.807) is 18.1 Å². The molecule has 4 unspecified atom stereocenters. The molecule has 2 aromatic carbocycles. The molecular weight excluding hydrogens is 842 g/mol. The van der Waals surface area contributed by atoms with Gasteiger partial charge in [-0.1, -0.05) is 53.5 Å². The first-order valence-corrected chi connectivity index (χ1v) is 23.1. The van der Waals surface area contributed by atoms with Crippen LogP contribution >= 0.6 is 22.6 Å². The standard InChI is InChI=1S/C43H50FIN4O6Si/c1-22(2)56(23(3)4,24(5)6)14-13-30-33(44)11-9-26-15-29(54-21-52-8)16-31(36(26)30)34-17-32-37-41(47-39(38(32)45)27-19-53-20-27)48-18-28-10-12-35(49(28)43(50)51)40(48)25(7)55-42(37)46-34/h9,11,15-17,22-25,27-28,35,40H,10,12,18-21H2,1-8H3,(H,50,51). The lowest BCUT2D eigenvalue weighted by Gasteiger charge is -2.47. The van der Waals surface area contributed by atoms with Crippen LogP contribution in [-0.2, 0) is 9.47 Å². The Balaban J connectivity index is 1.40. The van der Waals surface area contributed by atoms with E-state index in [0.29, 0.717) is 70.2 Å². The van der Waals surface area contributed by atoms with E-state index in [2.05, 4.69) is 86.6 Å². The number of hydrogen-bond donors (Lipinski definition) is 1. The van der Waals surface area contributed by atoms with E-state index in [1.165, 1.54) is 6.07 Å². The van der Waals surface area contributed by atoms with Crippen molar-refractivity contribution < 1.29 is 33.2 Å². The molecule has 3 fully saturated rings.